The fourth-order valence-corrected chi connectivity index (χ4v) is 2.23. The Bertz CT molecular complexity index is 461. The van der Waals surface area contributed by atoms with Gasteiger partial charge in [-0.25, -0.2) is 4.98 Å². The number of nitrogens with zero attached hydrogens (tertiary/aromatic N) is 1. The number of ether oxygens (including phenoxy) is 1. The van der Waals surface area contributed by atoms with E-state index in [9.17, 15) is 0 Å². The fourth-order valence-electron chi connectivity index (χ4n) is 2.23. The van der Waals surface area contributed by atoms with E-state index in [0.717, 1.165) is 29.8 Å². The summed E-state index contributed by atoms with van der Waals surface area (Å²) in [6.45, 7) is 0.901. The normalized spacial score (nSPS) is 25.3. The van der Waals surface area contributed by atoms with E-state index in [1.54, 1.807) is 7.11 Å². The fraction of sp³-hybridized carbons (Fsp3) is 0.417. The summed E-state index contributed by atoms with van der Waals surface area (Å²) in [6.07, 6.45) is 1.29. The SMILES string of the molecule is COC1CNC(c2nc3ccccc3[nH]2)C1. The average Bonchev–Trinajstić information content (AvgIpc) is 2.95. The molecule has 3 rings (SSSR count). The van der Waals surface area contributed by atoms with Crippen LogP contribution in [0, 0.1) is 0 Å². The minimum atomic E-state index is 0.289. The van der Waals surface area contributed by atoms with Crippen LogP contribution in [0.1, 0.15) is 18.3 Å². The number of H-pyrrole nitrogens is 1. The summed E-state index contributed by atoms with van der Waals surface area (Å²) in [5.41, 5.74) is 2.13. The van der Waals surface area contributed by atoms with E-state index in [1.165, 1.54) is 0 Å². The number of hydrogen-bond acceptors (Lipinski definition) is 3. The second-order valence-electron chi connectivity index (χ2n) is 4.19. The molecule has 16 heavy (non-hydrogen) atoms. The van der Waals surface area contributed by atoms with E-state index in [4.69, 9.17) is 4.74 Å². The van der Waals surface area contributed by atoms with Crippen LogP contribution in [-0.4, -0.2) is 29.7 Å². The van der Waals surface area contributed by atoms with Gasteiger partial charge < -0.3 is 15.0 Å². The highest BCUT2D eigenvalue weighted by atomic mass is 16.5. The molecule has 2 atom stereocenters. The van der Waals surface area contributed by atoms with Crippen LogP contribution in [0.15, 0.2) is 24.3 Å². The Hall–Kier alpha value is -1.39. The lowest BCUT2D eigenvalue weighted by atomic mass is 10.2. The van der Waals surface area contributed by atoms with Crippen molar-refractivity contribution >= 4 is 11.0 Å². The smallest absolute Gasteiger partial charge is 0.124 e. The first kappa shape index (κ1) is 9.81. The van der Waals surface area contributed by atoms with Crippen molar-refractivity contribution in [3.8, 4) is 0 Å². The number of para-hydroxylation sites is 2. The van der Waals surface area contributed by atoms with Gasteiger partial charge in [-0.3, -0.25) is 0 Å². The highest BCUT2D eigenvalue weighted by molar-refractivity contribution is 5.74. The van der Waals surface area contributed by atoms with Gasteiger partial charge in [0.15, 0.2) is 0 Å². The summed E-state index contributed by atoms with van der Waals surface area (Å²) >= 11 is 0. The third-order valence-corrected chi connectivity index (χ3v) is 3.16. The molecule has 2 heterocycles. The van der Waals surface area contributed by atoms with Crippen molar-refractivity contribution in [2.75, 3.05) is 13.7 Å². The quantitative estimate of drug-likeness (QED) is 0.803. The molecule has 2 unspecified atom stereocenters. The van der Waals surface area contributed by atoms with E-state index < -0.39 is 0 Å². The third-order valence-electron chi connectivity index (χ3n) is 3.16. The molecular weight excluding hydrogens is 202 g/mol. The van der Waals surface area contributed by atoms with E-state index in [1.807, 2.05) is 18.2 Å². The highest BCUT2D eigenvalue weighted by Gasteiger charge is 2.27. The number of nitrogens with one attached hydrogen (secondary N) is 2. The number of methoxy groups -OCH3 is 1. The highest BCUT2D eigenvalue weighted by Crippen LogP contribution is 2.24. The van der Waals surface area contributed by atoms with Gasteiger partial charge in [-0.2, -0.15) is 0 Å². The molecule has 0 amide bonds. The van der Waals surface area contributed by atoms with Crippen molar-refractivity contribution in [2.45, 2.75) is 18.6 Å². The van der Waals surface area contributed by atoms with Crippen molar-refractivity contribution in [3.63, 3.8) is 0 Å². The molecule has 1 aliphatic heterocycles. The molecule has 0 aliphatic carbocycles. The molecule has 1 aliphatic rings. The molecule has 0 spiro atoms. The number of benzene rings is 1. The first-order valence-electron chi connectivity index (χ1n) is 5.57. The molecular formula is C12H15N3O. The Morgan fingerprint density at radius 3 is 3.00 bits per heavy atom. The van der Waals surface area contributed by atoms with Gasteiger partial charge >= 0.3 is 0 Å². The zero-order valence-corrected chi connectivity index (χ0v) is 9.23. The van der Waals surface area contributed by atoms with E-state index in [0.29, 0.717) is 6.10 Å². The van der Waals surface area contributed by atoms with Gasteiger partial charge in [-0.05, 0) is 18.6 Å². The molecule has 1 aromatic carbocycles. The molecule has 84 valence electrons. The van der Waals surface area contributed by atoms with E-state index in [2.05, 4.69) is 21.4 Å². The first-order chi connectivity index (χ1) is 7.86. The Kier molecular flexibility index (Phi) is 2.38. The second kappa shape index (κ2) is 3.88. The van der Waals surface area contributed by atoms with Gasteiger partial charge in [0, 0.05) is 13.7 Å². The second-order valence-corrected chi connectivity index (χ2v) is 4.19. The van der Waals surface area contributed by atoms with Crippen LogP contribution in [0.25, 0.3) is 11.0 Å². The topological polar surface area (TPSA) is 49.9 Å². The first-order valence-corrected chi connectivity index (χ1v) is 5.57. The molecule has 1 fully saturated rings. The standard InChI is InChI=1S/C12H15N3O/c1-16-8-6-11(13-7-8)12-14-9-4-2-3-5-10(9)15-12/h2-5,8,11,13H,6-7H2,1H3,(H,14,15). The summed E-state index contributed by atoms with van der Waals surface area (Å²) < 4.78 is 5.33. The number of aromatic nitrogens is 2. The Balaban J connectivity index is 1.89. The maximum absolute atomic E-state index is 5.33. The molecule has 0 saturated carbocycles. The third kappa shape index (κ3) is 1.60. The Labute approximate surface area is 94.0 Å². The van der Waals surface area contributed by atoms with Crippen molar-refractivity contribution < 1.29 is 4.74 Å². The van der Waals surface area contributed by atoms with Gasteiger partial charge in [-0.1, -0.05) is 12.1 Å². The minimum Gasteiger partial charge on any atom is -0.380 e. The molecule has 0 radical (unpaired) electrons. The molecule has 4 nitrogen and oxygen atoms in total. The molecule has 2 aromatic rings. The van der Waals surface area contributed by atoms with Gasteiger partial charge in [0.2, 0.25) is 0 Å². The molecule has 0 bridgehead atoms. The number of aromatic amines is 1. The zero-order valence-electron chi connectivity index (χ0n) is 9.23. The van der Waals surface area contributed by atoms with Gasteiger partial charge in [-0.15, -0.1) is 0 Å². The predicted molar refractivity (Wildman–Crippen MR) is 62.3 cm³/mol. The summed E-state index contributed by atoms with van der Waals surface area (Å²) in [4.78, 5) is 7.94. The lowest BCUT2D eigenvalue weighted by Crippen LogP contribution is -2.16. The number of fused-ring (bicyclic) bond motifs is 1. The van der Waals surface area contributed by atoms with Crippen LogP contribution in [0.5, 0.6) is 0 Å². The number of rotatable bonds is 2. The largest absolute Gasteiger partial charge is 0.380 e. The average molecular weight is 217 g/mol. The van der Waals surface area contributed by atoms with Crippen molar-refractivity contribution in [1.29, 1.82) is 0 Å². The van der Waals surface area contributed by atoms with Gasteiger partial charge in [0.1, 0.15) is 5.82 Å². The molecule has 2 N–H and O–H groups in total. The maximum atomic E-state index is 5.33. The van der Waals surface area contributed by atoms with E-state index in [-0.39, 0.29) is 6.04 Å². The molecule has 4 heteroatoms. The lowest BCUT2D eigenvalue weighted by molar-refractivity contribution is 0.117. The zero-order chi connectivity index (χ0) is 11.0. The number of hydrogen-bond donors (Lipinski definition) is 2. The van der Waals surface area contributed by atoms with Crippen LogP contribution >= 0.6 is 0 Å². The monoisotopic (exact) mass is 217 g/mol. The van der Waals surface area contributed by atoms with Gasteiger partial charge in [0.25, 0.3) is 0 Å². The van der Waals surface area contributed by atoms with Crippen molar-refractivity contribution in [3.05, 3.63) is 30.1 Å². The van der Waals surface area contributed by atoms with Crippen LogP contribution in [-0.2, 0) is 4.74 Å². The number of imidazole rings is 1. The van der Waals surface area contributed by atoms with Crippen LogP contribution in [0.4, 0.5) is 0 Å². The minimum absolute atomic E-state index is 0.289. The Morgan fingerprint density at radius 2 is 2.25 bits per heavy atom. The summed E-state index contributed by atoms with van der Waals surface area (Å²) in [5.74, 6) is 1.01. The van der Waals surface area contributed by atoms with Crippen LogP contribution in [0.2, 0.25) is 0 Å². The van der Waals surface area contributed by atoms with Crippen LogP contribution < -0.4 is 5.32 Å². The predicted octanol–water partition coefficient (Wildman–Crippen LogP) is 1.61. The Morgan fingerprint density at radius 1 is 1.38 bits per heavy atom. The maximum Gasteiger partial charge on any atom is 0.124 e. The summed E-state index contributed by atoms with van der Waals surface area (Å²) in [5, 5.41) is 3.42. The van der Waals surface area contributed by atoms with Crippen molar-refractivity contribution in [2.24, 2.45) is 0 Å². The van der Waals surface area contributed by atoms with Crippen molar-refractivity contribution in [1.82, 2.24) is 15.3 Å². The molecule has 1 aromatic heterocycles. The summed E-state index contributed by atoms with van der Waals surface area (Å²) in [7, 11) is 1.76. The summed E-state index contributed by atoms with van der Waals surface area (Å²) in [6, 6.07) is 8.39. The molecule has 1 saturated heterocycles. The van der Waals surface area contributed by atoms with Gasteiger partial charge in [0.05, 0.1) is 23.2 Å². The van der Waals surface area contributed by atoms with E-state index >= 15 is 0 Å². The lowest BCUT2D eigenvalue weighted by Gasteiger charge is -2.06. The van der Waals surface area contributed by atoms with Crippen LogP contribution in [0.3, 0.4) is 0 Å².